The van der Waals surface area contributed by atoms with E-state index in [0.717, 1.165) is 30.4 Å². The summed E-state index contributed by atoms with van der Waals surface area (Å²) in [5, 5.41) is 0. The molecule has 41 heavy (non-hydrogen) atoms. The molecular weight excluding hydrogens is 524 g/mol. The Hall–Kier alpha value is -3.81. The summed E-state index contributed by atoms with van der Waals surface area (Å²) in [6.07, 6.45) is 5.64. The minimum Gasteiger partial charge on any atom is -0.493 e. The number of hydrogen-bond acceptors (Lipinski definition) is 8. The highest BCUT2D eigenvalue weighted by Crippen LogP contribution is 2.32. The molecule has 0 spiro atoms. The van der Waals surface area contributed by atoms with Gasteiger partial charge in [0.25, 0.3) is 0 Å². The smallest absolute Gasteiger partial charge is 0.314 e. The molecule has 0 aliphatic rings. The predicted octanol–water partition coefficient (Wildman–Crippen LogP) is 7.18. The minimum absolute atomic E-state index is 0.191. The quantitative estimate of drug-likeness (QED) is 0.102. The van der Waals surface area contributed by atoms with Gasteiger partial charge in [-0.3, -0.25) is 14.4 Å². The van der Waals surface area contributed by atoms with Crippen molar-refractivity contribution in [3.8, 4) is 17.2 Å². The molecular formula is C33H44O8. The molecule has 0 aliphatic heterocycles. The summed E-state index contributed by atoms with van der Waals surface area (Å²) < 4.78 is 27.7. The number of ether oxygens (including phenoxy) is 5. The van der Waals surface area contributed by atoms with Crippen molar-refractivity contribution in [1.29, 1.82) is 0 Å². The van der Waals surface area contributed by atoms with Crippen LogP contribution >= 0.6 is 0 Å². The van der Waals surface area contributed by atoms with Gasteiger partial charge in [0.15, 0.2) is 5.78 Å². The summed E-state index contributed by atoms with van der Waals surface area (Å²) in [6.45, 7) is 14.8. The van der Waals surface area contributed by atoms with E-state index in [1.807, 2.05) is 13.0 Å². The topological polar surface area (TPSA) is 97.4 Å². The predicted molar refractivity (Wildman–Crippen MR) is 158 cm³/mol. The third-order valence-corrected chi connectivity index (χ3v) is 5.77. The van der Waals surface area contributed by atoms with Crippen molar-refractivity contribution in [2.45, 2.75) is 74.7 Å². The first-order chi connectivity index (χ1) is 19.3. The van der Waals surface area contributed by atoms with Gasteiger partial charge in [-0.1, -0.05) is 20.3 Å². The van der Waals surface area contributed by atoms with Gasteiger partial charge in [0.1, 0.15) is 17.2 Å². The monoisotopic (exact) mass is 568 g/mol. The van der Waals surface area contributed by atoms with Crippen molar-refractivity contribution in [3.05, 3.63) is 59.2 Å². The first-order valence-electron chi connectivity index (χ1n) is 14.0. The van der Waals surface area contributed by atoms with Crippen molar-refractivity contribution in [3.63, 3.8) is 0 Å². The van der Waals surface area contributed by atoms with Gasteiger partial charge in [-0.2, -0.15) is 0 Å². The molecule has 0 fully saturated rings. The van der Waals surface area contributed by atoms with Crippen molar-refractivity contribution in [1.82, 2.24) is 0 Å². The second-order valence-electron chi connectivity index (χ2n) is 11.7. The second-order valence-corrected chi connectivity index (χ2v) is 11.7. The summed E-state index contributed by atoms with van der Waals surface area (Å²) in [5.41, 5.74) is 0.906. The molecule has 2 aromatic rings. The van der Waals surface area contributed by atoms with Crippen LogP contribution in [-0.4, -0.2) is 37.9 Å². The standard InChI is InChI=1S/C33H44O8/c1-9-11-24-19-25(28(37-18-10-2)20-29(24)39-22-41-31(36)33(6,7)8)14-17-27(34)23-12-15-26(16-13-23)38-21-40-30(35)32(3,4)5/h12-17,19-20H,9-11,18,21-22H2,1-8H3. The fourth-order valence-electron chi connectivity index (χ4n) is 3.40. The Bertz CT molecular complexity index is 1200. The summed E-state index contributed by atoms with van der Waals surface area (Å²) in [6, 6.07) is 10.3. The number of carbonyl (C=O) groups excluding carboxylic acids is 3. The van der Waals surface area contributed by atoms with E-state index < -0.39 is 10.8 Å². The molecule has 0 amide bonds. The lowest BCUT2D eigenvalue weighted by molar-refractivity contribution is -0.160. The normalized spacial score (nSPS) is 11.7. The molecule has 0 aliphatic carbocycles. The highest BCUT2D eigenvalue weighted by molar-refractivity contribution is 6.07. The van der Waals surface area contributed by atoms with Crippen molar-refractivity contribution in [2.75, 3.05) is 20.2 Å². The van der Waals surface area contributed by atoms with Gasteiger partial charge in [-0.15, -0.1) is 0 Å². The Morgan fingerprint density at radius 2 is 1.32 bits per heavy atom. The number of rotatable bonds is 14. The third-order valence-electron chi connectivity index (χ3n) is 5.77. The Labute approximate surface area is 244 Å². The van der Waals surface area contributed by atoms with E-state index in [4.69, 9.17) is 23.7 Å². The van der Waals surface area contributed by atoms with Crippen molar-refractivity contribution >= 4 is 23.8 Å². The Morgan fingerprint density at radius 1 is 0.732 bits per heavy atom. The molecule has 0 saturated heterocycles. The molecule has 0 aromatic heterocycles. The van der Waals surface area contributed by atoms with E-state index in [0.29, 0.717) is 29.4 Å². The number of hydrogen-bond donors (Lipinski definition) is 0. The van der Waals surface area contributed by atoms with Gasteiger partial charge in [0.2, 0.25) is 13.6 Å². The van der Waals surface area contributed by atoms with Crippen LogP contribution in [0.5, 0.6) is 17.2 Å². The van der Waals surface area contributed by atoms with Crippen molar-refractivity contribution < 1.29 is 38.1 Å². The van der Waals surface area contributed by atoms with Gasteiger partial charge in [0.05, 0.1) is 17.4 Å². The lowest BCUT2D eigenvalue weighted by atomic mass is 9.97. The summed E-state index contributed by atoms with van der Waals surface area (Å²) >= 11 is 0. The average molecular weight is 569 g/mol. The van der Waals surface area contributed by atoms with E-state index >= 15 is 0 Å². The van der Waals surface area contributed by atoms with E-state index in [9.17, 15) is 14.4 Å². The number of esters is 2. The van der Waals surface area contributed by atoms with Gasteiger partial charge >= 0.3 is 11.9 Å². The summed E-state index contributed by atoms with van der Waals surface area (Å²) in [7, 11) is 0. The van der Waals surface area contributed by atoms with E-state index in [1.54, 1.807) is 78.0 Å². The molecule has 0 atom stereocenters. The van der Waals surface area contributed by atoms with Crippen LogP contribution in [0, 0.1) is 10.8 Å². The van der Waals surface area contributed by atoms with Gasteiger partial charge in [-0.25, -0.2) is 0 Å². The maximum atomic E-state index is 12.9. The third kappa shape index (κ3) is 10.9. The molecule has 0 saturated carbocycles. The zero-order chi connectivity index (χ0) is 30.6. The van der Waals surface area contributed by atoms with Gasteiger partial charge in [-0.05, 0) is 102 Å². The largest absolute Gasteiger partial charge is 0.493 e. The van der Waals surface area contributed by atoms with Crippen LogP contribution in [0.1, 0.15) is 89.7 Å². The van der Waals surface area contributed by atoms with E-state index in [-0.39, 0.29) is 31.3 Å². The molecule has 2 rings (SSSR count). The van der Waals surface area contributed by atoms with Crippen LogP contribution in [0.25, 0.3) is 6.08 Å². The second kappa shape index (κ2) is 15.3. The average Bonchev–Trinajstić information content (AvgIpc) is 2.91. The molecule has 0 bridgehead atoms. The fraction of sp³-hybridized carbons (Fsp3) is 0.485. The molecule has 0 N–H and O–H groups in total. The molecule has 224 valence electrons. The number of benzene rings is 2. The van der Waals surface area contributed by atoms with Gasteiger partial charge < -0.3 is 23.7 Å². The first kappa shape index (κ1) is 33.4. The SMILES string of the molecule is CCCOc1cc(OCOC(=O)C(C)(C)C)c(CCC)cc1C=CC(=O)c1ccc(OCOC(=O)C(C)(C)C)cc1. The minimum atomic E-state index is -0.625. The zero-order valence-electron chi connectivity index (χ0n) is 25.6. The molecule has 0 radical (unpaired) electrons. The van der Waals surface area contributed by atoms with Crippen LogP contribution in [0.2, 0.25) is 0 Å². The summed E-state index contributed by atoms with van der Waals surface area (Å²) in [4.78, 5) is 36.9. The number of allylic oxidation sites excluding steroid dienone is 1. The van der Waals surface area contributed by atoms with Gasteiger partial charge in [0, 0.05) is 17.2 Å². The maximum Gasteiger partial charge on any atom is 0.314 e. The molecule has 2 aromatic carbocycles. The van der Waals surface area contributed by atoms with Crippen LogP contribution in [-0.2, 0) is 25.5 Å². The number of carbonyl (C=O) groups is 3. The number of aryl methyl sites for hydroxylation is 1. The lowest BCUT2D eigenvalue weighted by Crippen LogP contribution is -2.24. The summed E-state index contributed by atoms with van der Waals surface area (Å²) in [5.74, 6) is 0.730. The lowest BCUT2D eigenvalue weighted by Gasteiger charge is -2.19. The zero-order valence-corrected chi connectivity index (χ0v) is 25.6. The van der Waals surface area contributed by atoms with Crippen molar-refractivity contribution in [2.24, 2.45) is 10.8 Å². The Kier molecular flexibility index (Phi) is 12.4. The highest BCUT2D eigenvalue weighted by atomic mass is 16.7. The fourth-order valence-corrected chi connectivity index (χ4v) is 3.40. The Balaban J connectivity index is 2.16. The molecule has 8 heteroatoms. The van der Waals surface area contributed by atoms with Crippen LogP contribution in [0.4, 0.5) is 0 Å². The highest BCUT2D eigenvalue weighted by Gasteiger charge is 2.24. The molecule has 0 heterocycles. The van der Waals surface area contributed by atoms with E-state index in [2.05, 4.69) is 6.92 Å². The maximum absolute atomic E-state index is 12.9. The number of ketones is 1. The molecule has 0 unspecified atom stereocenters. The Morgan fingerprint density at radius 3 is 1.85 bits per heavy atom. The first-order valence-corrected chi connectivity index (χ1v) is 14.0. The van der Waals surface area contributed by atoms with E-state index in [1.165, 1.54) is 6.08 Å². The van der Waals surface area contributed by atoms with Crippen LogP contribution < -0.4 is 14.2 Å². The molecule has 8 nitrogen and oxygen atoms in total. The van der Waals surface area contributed by atoms with Crippen LogP contribution in [0.15, 0.2) is 42.5 Å². The van der Waals surface area contributed by atoms with Crippen LogP contribution in [0.3, 0.4) is 0 Å².